The van der Waals surface area contributed by atoms with Crippen LogP contribution in [0.5, 0.6) is 0 Å². The van der Waals surface area contributed by atoms with Crippen molar-refractivity contribution in [3.63, 3.8) is 0 Å². The van der Waals surface area contributed by atoms with Gasteiger partial charge in [-0.1, -0.05) is 101 Å². The van der Waals surface area contributed by atoms with Crippen molar-refractivity contribution in [2.75, 3.05) is 41.1 Å². The molecule has 3 atom stereocenters. The number of aromatic nitrogens is 3. The molecule has 5 aromatic rings. The second-order valence-corrected chi connectivity index (χ2v) is 15.9. The number of halogens is 1. The highest BCUT2D eigenvalue weighted by atomic mass is 79.9. The number of nitrogens with one attached hydrogen (secondary N) is 1. The number of hydrogen-bond donors (Lipinski definition) is 3. The van der Waals surface area contributed by atoms with Gasteiger partial charge in [-0.15, -0.1) is 5.10 Å². The Hall–Kier alpha value is -5.14. The minimum atomic E-state index is -1.77. The molecule has 1 unspecified atom stereocenters. The first-order valence-electron chi connectivity index (χ1n) is 19.2. The molecule has 12 heteroatoms. The van der Waals surface area contributed by atoms with Crippen LogP contribution in [0.25, 0.3) is 0 Å². The molecule has 2 fully saturated rings. The molecule has 4 aromatic carbocycles. The van der Waals surface area contributed by atoms with Crippen LogP contribution in [0.2, 0.25) is 0 Å². The maximum atomic E-state index is 14.3. The summed E-state index contributed by atoms with van der Waals surface area (Å²) in [5.41, 5.74) is 3.27. The van der Waals surface area contributed by atoms with Crippen LogP contribution in [0.3, 0.4) is 0 Å². The smallest absolute Gasteiger partial charge is 0.264 e. The molecule has 11 nitrogen and oxygen atoms in total. The fourth-order valence-electron chi connectivity index (χ4n) is 8.49. The monoisotopic (exact) mass is 815 g/mol. The quantitative estimate of drug-likeness (QED) is 0.129. The lowest BCUT2D eigenvalue weighted by atomic mass is 9.83. The van der Waals surface area contributed by atoms with Crippen molar-refractivity contribution in [2.24, 2.45) is 5.92 Å². The number of anilines is 3. The summed E-state index contributed by atoms with van der Waals surface area (Å²) in [6, 6.07) is 33.3. The van der Waals surface area contributed by atoms with Gasteiger partial charge in [-0.25, -0.2) is 0 Å². The summed E-state index contributed by atoms with van der Waals surface area (Å²) in [6.45, 7) is 4.64. The Labute approximate surface area is 335 Å². The topological polar surface area (TPSA) is 127 Å². The zero-order chi connectivity index (χ0) is 38.9. The highest BCUT2D eigenvalue weighted by molar-refractivity contribution is 9.10. The van der Waals surface area contributed by atoms with Gasteiger partial charge in [0.05, 0.1) is 37.1 Å². The molecule has 3 N–H and O–H groups in total. The fraction of sp³-hybridized carbons (Fsp3) is 0.318. The SMILES string of the molecule is C[C@@H](/C=C/CCn1cc(C(CO)c2ccccc2)nn1)[C@]1(O)C(=O)N(Cc2ccc(N3CN(c4ccccc4)C4(CCNCC4)C3=O)cc2)c2ccc(Br)cc21. The van der Waals surface area contributed by atoms with Crippen molar-refractivity contribution in [3.05, 3.63) is 148 Å². The van der Waals surface area contributed by atoms with E-state index in [4.69, 9.17) is 0 Å². The van der Waals surface area contributed by atoms with Gasteiger partial charge in [0.15, 0.2) is 5.60 Å². The molecule has 3 aliphatic rings. The van der Waals surface area contributed by atoms with Gasteiger partial charge in [0, 0.05) is 40.1 Å². The highest BCUT2D eigenvalue weighted by Gasteiger charge is 2.54. The Morgan fingerprint density at radius 2 is 1.62 bits per heavy atom. The Kier molecular flexibility index (Phi) is 10.6. The number of nitrogens with zero attached hydrogens (tertiary/aromatic N) is 6. The van der Waals surface area contributed by atoms with Crippen LogP contribution >= 0.6 is 15.9 Å². The largest absolute Gasteiger partial charge is 0.395 e. The fourth-order valence-corrected chi connectivity index (χ4v) is 8.85. The first kappa shape index (κ1) is 37.8. The van der Waals surface area contributed by atoms with Gasteiger partial charge in [-0.3, -0.25) is 19.2 Å². The molecule has 288 valence electrons. The van der Waals surface area contributed by atoms with E-state index in [0.717, 1.165) is 52.9 Å². The zero-order valence-electron chi connectivity index (χ0n) is 31.3. The van der Waals surface area contributed by atoms with Crippen molar-refractivity contribution < 1.29 is 19.8 Å². The summed E-state index contributed by atoms with van der Waals surface area (Å²) in [5.74, 6) is -1.06. The number of piperidine rings is 1. The van der Waals surface area contributed by atoms with Gasteiger partial charge < -0.3 is 25.3 Å². The van der Waals surface area contributed by atoms with E-state index in [1.54, 1.807) is 9.58 Å². The molecule has 2 saturated heterocycles. The number of hydrogen-bond acceptors (Lipinski definition) is 8. The number of fused-ring (bicyclic) bond motifs is 1. The minimum absolute atomic E-state index is 0.0703. The standard InChI is InChI=1S/C44H46BrN7O4/c1-31(10-8-9-25-49-28-39(47-48-49)37(29-53)33-11-4-2-5-12-33)44(56)38-26-34(45)17-20-40(38)50(42(44)55)27-32-15-18-35(19-16-32)51-30-52(36-13-6-3-7-14-36)43(41(51)54)21-23-46-24-22-43/h2-8,10-20,26,28,31,37,46,53,56H,9,21-25,27,29-30H2,1H3/b10-8+/t31-,37?,44+/m0/s1. The lowest BCUT2D eigenvalue weighted by molar-refractivity contribution is -0.139. The average Bonchev–Trinajstić information content (AvgIpc) is 3.87. The van der Waals surface area contributed by atoms with E-state index in [-0.39, 0.29) is 30.9 Å². The average molecular weight is 817 g/mol. The lowest BCUT2D eigenvalue weighted by Crippen LogP contribution is -2.55. The molecule has 0 aliphatic carbocycles. The predicted octanol–water partition coefficient (Wildman–Crippen LogP) is 6.11. The molecule has 3 aliphatic heterocycles. The minimum Gasteiger partial charge on any atom is -0.395 e. The van der Waals surface area contributed by atoms with Gasteiger partial charge in [-0.05, 0) is 85.9 Å². The van der Waals surface area contributed by atoms with Gasteiger partial charge in [0.1, 0.15) is 5.54 Å². The van der Waals surface area contributed by atoms with Gasteiger partial charge in [-0.2, -0.15) is 0 Å². The van der Waals surface area contributed by atoms with Crippen LogP contribution in [-0.4, -0.2) is 68.9 Å². The molecule has 4 heterocycles. The molecule has 0 saturated carbocycles. The van der Waals surface area contributed by atoms with Crippen LogP contribution in [-0.2, 0) is 28.3 Å². The number of para-hydroxylation sites is 1. The van der Waals surface area contributed by atoms with Crippen molar-refractivity contribution in [3.8, 4) is 0 Å². The number of carbonyl (C=O) groups is 2. The molecular weight excluding hydrogens is 770 g/mol. The van der Waals surface area contributed by atoms with Crippen molar-refractivity contribution in [1.82, 2.24) is 20.3 Å². The van der Waals surface area contributed by atoms with E-state index in [1.165, 1.54) is 0 Å². The second kappa shape index (κ2) is 15.8. The third kappa shape index (κ3) is 6.85. The van der Waals surface area contributed by atoms with E-state index >= 15 is 0 Å². The van der Waals surface area contributed by atoms with Crippen LogP contribution < -0.4 is 20.0 Å². The first-order valence-corrected chi connectivity index (χ1v) is 20.0. The van der Waals surface area contributed by atoms with Crippen molar-refractivity contribution in [2.45, 2.75) is 56.3 Å². The van der Waals surface area contributed by atoms with E-state index in [0.29, 0.717) is 36.6 Å². The van der Waals surface area contributed by atoms with Crippen molar-refractivity contribution >= 4 is 44.8 Å². The normalized spacial score (nSPS) is 20.3. The Balaban J connectivity index is 0.957. The second-order valence-electron chi connectivity index (χ2n) is 15.0. The summed E-state index contributed by atoms with van der Waals surface area (Å²) in [7, 11) is 0. The molecule has 8 rings (SSSR count). The molecule has 1 aromatic heterocycles. The van der Waals surface area contributed by atoms with E-state index < -0.39 is 17.1 Å². The Morgan fingerprint density at radius 3 is 2.34 bits per heavy atom. The molecule has 2 amide bonds. The molecule has 56 heavy (non-hydrogen) atoms. The summed E-state index contributed by atoms with van der Waals surface area (Å²) >= 11 is 3.56. The van der Waals surface area contributed by atoms with Gasteiger partial charge in [0.2, 0.25) is 0 Å². The number of carbonyl (C=O) groups excluding carboxylic acids is 2. The third-order valence-electron chi connectivity index (χ3n) is 11.7. The number of rotatable bonds is 12. The Morgan fingerprint density at radius 1 is 0.911 bits per heavy atom. The maximum absolute atomic E-state index is 14.3. The summed E-state index contributed by atoms with van der Waals surface area (Å²) in [6.07, 6.45) is 7.78. The number of aryl methyl sites for hydroxylation is 1. The number of benzene rings is 4. The molecule has 1 spiro atoms. The van der Waals surface area contributed by atoms with E-state index in [2.05, 4.69) is 48.6 Å². The van der Waals surface area contributed by atoms with Crippen LogP contribution in [0.15, 0.2) is 126 Å². The summed E-state index contributed by atoms with van der Waals surface area (Å²) < 4.78 is 2.52. The van der Waals surface area contributed by atoms with Crippen LogP contribution in [0, 0.1) is 5.92 Å². The number of aliphatic hydroxyl groups excluding tert-OH is 1. The van der Waals surface area contributed by atoms with Crippen LogP contribution in [0.4, 0.5) is 17.1 Å². The number of aliphatic hydroxyl groups is 2. The van der Waals surface area contributed by atoms with Crippen LogP contribution in [0.1, 0.15) is 54.5 Å². The first-order chi connectivity index (χ1) is 27.2. The van der Waals surface area contributed by atoms with E-state index in [9.17, 15) is 19.8 Å². The zero-order valence-corrected chi connectivity index (χ0v) is 32.9. The summed E-state index contributed by atoms with van der Waals surface area (Å²) in [5, 5.41) is 34.3. The molecular formula is C44H46BrN7O4. The van der Waals surface area contributed by atoms with Crippen molar-refractivity contribution in [1.29, 1.82) is 0 Å². The van der Waals surface area contributed by atoms with Gasteiger partial charge >= 0.3 is 0 Å². The lowest BCUT2D eigenvalue weighted by Gasteiger charge is -2.39. The molecule has 0 bridgehead atoms. The van der Waals surface area contributed by atoms with E-state index in [1.807, 2.05) is 121 Å². The highest BCUT2D eigenvalue weighted by Crippen LogP contribution is 2.47. The number of amides is 2. The number of allylic oxidation sites excluding steroid dienone is 1. The van der Waals surface area contributed by atoms with Gasteiger partial charge in [0.25, 0.3) is 11.8 Å². The predicted molar refractivity (Wildman–Crippen MR) is 220 cm³/mol. The molecule has 0 radical (unpaired) electrons. The maximum Gasteiger partial charge on any atom is 0.264 e. The Bertz CT molecular complexity index is 2210. The summed E-state index contributed by atoms with van der Waals surface area (Å²) in [4.78, 5) is 34.3. The third-order valence-corrected chi connectivity index (χ3v) is 12.2.